The minimum atomic E-state index is -4.27. The molecule has 0 spiro atoms. The van der Waals surface area contributed by atoms with E-state index < -0.39 is 22.7 Å². The predicted octanol–water partition coefficient (Wildman–Crippen LogP) is 3.69. The molecule has 3 aliphatic carbocycles. The summed E-state index contributed by atoms with van der Waals surface area (Å²) in [5.74, 6) is 0.679. The van der Waals surface area contributed by atoms with Gasteiger partial charge in [0.1, 0.15) is 0 Å². The Balaban J connectivity index is 1.84. The van der Waals surface area contributed by atoms with Crippen LogP contribution in [0.15, 0.2) is 23.8 Å². The molecule has 0 aliphatic heterocycles. The summed E-state index contributed by atoms with van der Waals surface area (Å²) < 4.78 is 52.9. The van der Waals surface area contributed by atoms with E-state index in [0.29, 0.717) is 11.8 Å². The molecule has 6 atom stereocenters. The van der Waals surface area contributed by atoms with Gasteiger partial charge in [-0.15, -0.1) is 0 Å². The van der Waals surface area contributed by atoms with Gasteiger partial charge in [0.2, 0.25) is 0 Å². The summed E-state index contributed by atoms with van der Waals surface area (Å²) in [6.07, 6.45) is 0.980. The molecule has 0 amide bonds. The first-order chi connectivity index (χ1) is 10.0. The van der Waals surface area contributed by atoms with E-state index in [1.165, 1.54) is 12.2 Å². The minimum Gasteiger partial charge on any atom is -0.242 e. The standard InChI is InChI=1S/C16H22F3NOS/c1-15(2,3)22(21)20(4)14-10-6-5-9(16(17,18)19)7-11(10)12-8-13(12)14/h5-7,10-14H,8H2,1-4H3/t10?,11?,12-,13-,14+,22-/m0/s1. The third-order valence-corrected chi connectivity index (χ3v) is 6.88. The van der Waals surface area contributed by atoms with Crippen molar-refractivity contribution in [3.63, 3.8) is 0 Å². The number of alkyl halides is 3. The van der Waals surface area contributed by atoms with Crippen LogP contribution >= 0.6 is 0 Å². The van der Waals surface area contributed by atoms with Gasteiger partial charge >= 0.3 is 6.18 Å². The van der Waals surface area contributed by atoms with Crippen molar-refractivity contribution in [3.05, 3.63) is 23.8 Å². The van der Waals surface area contributed by atoms with E-state index in [1.54, 1.807) is 6.08 Å². The molecule has 22 heavy (non-hydrogen) atoms. The average Bonchev–Trinajstić information content (AvgIpc) is 3.10. The molecule has 2 fully saturated rings. The van der Waals surface area contributed by atoms with E-state index in [0.717, 1.165) is 6.42 Å². The summed E-state index contributed by atoms with van der Waals surface area (Å²) in [5.41, 5.74) is -0.528. The fourth-order valence-corrected chi connectivity index (χ4v) is 5.45. The second-order valence-electron chi connectivity index (χ2n) is 7.60. The Morgan fingerprint density at radius 3 is 2.36 bits per heavy atom. The molecule has 2 saturated carbocycles. The van der Waals surface area contributed by atoms with Crippen LogP contribution in [0.4, 0.5) is 13.2 Å². The van der Waals surface area contributed by atoms with E-state index in [1.807, 2.05) is 32.1 Å². The SMILES string of the molecule is CN([C@@H]1C2C=CC(C(F)(F)F)=CC2[C@@H]2C[C@H]12)[S@@](=O)C(C)(C)C. The maximum Gasteiger partial charge on any atom is 0.416 e. The molecule has 0 bridgehead atoms. The largest absolute Gasteiger partial charge is 0.416 e. The first kappa shape index (κ1) is 16.2. The molecule has 3 aliphatic rings. The lowest BCUT2D eigenvalue weighted by Crippen LogP contribution is -2.45. The Kier molecular flexibility index (Phi) is 3.64. The lowest BCUT2D eigenvalue weighted by atomic mass is 9.83. The molecule has 0 aromatic heterocycles. The van der Waals surface area contributed by atoms with Gasteiger partial charge in [-0.05, 0) is 44.9 Å². The number of fused-ring (bicyclic) bond motifs is 3. The molecule has 2 unspecified atom stereocenters. The van der Waals surface area contributed by atoms with Gasteiger partial charge in [0.15, 0.2) is 0 Å². The summed E-state index contributed by atoms with van der Waals surface area (Å²) >= 11 is 0. The zero-order chi connectivity index (χ0) is 16.4. The first-order valence-corrected chi connectivity index (χ1v) is 8.74. The maximum absolute atomic E-state index is 12.9. The Labute approximate surface area is 132 Å². The van der Waals surface area contributed by atoms with E-state index in [4.69, 9.17) is 0 Å². The Bertz CT molecular complexity index is 561. The topological polar surface area (TPSA) is 20.3 Å². The Morgan fingerprint density at radius 1 is 1.18 bits per heavy atom. The molecule has 0 N–H and O–H groups in total. The van der Waals surface area contributed by atoms with Crippen molar-refractivity contribution in [1.29, 1.82) is 0 Å². The third kappa shape index (κ3) is 2.58. The van der Waals surface area contributed by atoms with Gasteiger partial charge < -0.3 is 0 Å². The molecular weight excluding hydrogens is 311 g/mol. The molecule has 0 saturated heterocycles. The summed E-state index contributed by atoms with van der Waals surface area (Å²) in [4.78, 5) is 0. The highest BCUT2D eigenvalue weighted by atomic mass is 32.2. The second-order valence-corrected chi connectivity index (χ2v) is 9.89. The van der Waals surface area contributed by atoms with Crippen LogP contribution in [-0.4, -0.2) is 32.5 Å². The Morgan fingerprint density at radius 2 is 1.82 bits per heavy atom. The number of rotatable bonds is 2. The maximum atomic E-state index is 12.9. The highest BCUT2D eigenvalue weighted by molar-refractivity contribution is 7.84. The first-order valence-electron chi connectivity index (χ1n) is 7.64. The zero-order valence-electron chi connectivity index (χ0n) is 13.2. The molecule has 0 radical (unpaired) electrons. The average molecular weight is 333 g/mol. The van der Waals surface area contributed by atoms with Crippen LogP contribution in [0.25, 0.3) is 0 Å². The number of hydrogen-bond acceptors (Lipinski definition) is 1. The van der Waals surface area contributed by atoms with Crippen LogP contribution in [0.3, 0.4) is 0 Å². The van der Waals surface area contributed by atoms with Crippen LogP contribution in [0.2, 0.25) is 0 Å². The number of hydrogen-bond donors (Lipinski definition) is 0. The fourth-order valence-electron chi connectivity index (χ4n) is 4.07. The van der Waals surface area contributed by atoms with Gasteiger partial charge in [0, 0.05) is 19.0 Å². The highest BCUT2D eigenvalue weighted by Crippen LogP contribution is 2.62. The summed E-state index contributed by atoms with van der Waals surface area (Å²) in [6, 6.07) is 0.0809. The van der Waals surface area contributed by atoms with Crippen LogP contribution in [0.1, 0.15) is 27.2 Å². The molecular formula is C16H22F3NOS. The molecule has 2 nitrogen and oxygen atoms in total. The van der Waals surface area contributed by atoms with Crippen LogP contribution in [0, 0.1) is 23.7 Å². The molecule has 124 valence electrons. The third-order valence-electron chi connectivity index (χ3n) is 5.07. The van der Waals surface area contributed by atoms with Gasteiger partial charge in [0.25, 0.3) is 0 Å². The van der Waals surface area contributed by atoms with E-state index >= 15 is 0 Å². The van der Waals surface area contributed by atoms with Gasteiger partial charge in [-0.2, -0.15) is 13.2 Å². The van der Waals surface area contributed by atoms with Crippen LogP contribution in [0.5, 0.6) is 0 Å². The van der Waals surface area contributed by atoms with E-state index in [-0.39, 0.29) is 22.6 Å². The van der Waals surface area contributed by atoms with Crippen molar-refractivity contribution in [3.8, 4) is 0 Å². The van der Waals surface area contributed by atoms with Crippen LogP contribution in [-0.2, 0) is 11.0 Å². The molecule has 0 aromatic rings. The molecule has 6 heteroatoms. The van der Waals surface area contributed by atoms with Crippen LogP contribution < -0.4 is 0 Å². The Hall–Kier alpha value is -0.620. The van der Waals surface area contributed by atoms with E-state index in [9.17, 15) is 17.4 Å². The molecule has 0 aromatic carbocycles. The summed E-state index contributed by atoms with van der Waals surface area (Å²) in [5, 5.41) is 0. The van der Waals surface area contributed by atoms with Gasteiger partial charge in [-0.25, -0.2) is 8.51 Å². The van der Waals surface area contributed by atoms with E-state index in [2.05, 4.69) is 0 Å². The van der Waals surface area contributed by atoms with Crippen molar-refractivity contribution >= 4 is 11.0 Å². The van der Waals surface area contributed by atoms with Gasteiger partial charge in [0.05, 0.1) is 21.3 Å². The molecule has 0 heterocycles. The summed E-state index contributed by atoms with van der Waals surface area (Å²) in [6.45, 7) is 5.78. The van der Waals surface area contributed by atoms with Crippen molar-refractivity contribution in [2.75, 3.05) is 7.05 Å². The van der Waals surface area contributed by atoms with Crippen molar-refractivity contribution in [2.45, 2.75) is 44.2 Å². The number of allylic oxidation sites excluding steroid dienone is 3. The van der Waals surface area contributed by atoms with Crippen molar-refractivity contribution < 1.29 is 17.4 Å². The normalized spacial score (nSPS) is 38.5. The fraction of sp³-hybridized carbons (Fsp3) is 0.750. The zero-order valence-corrected chi connectivity index (χ0v) is 14.0. The van der Waals surface area contributed by atoms with Gasteiger partial charge in [-0.1, -0.05) is 18.2 Å². The quantitative estimate of drug-likeness (QED) is 0.755. The van der Waals surface area contributed by atoms with Gasteiger partial charge in [-0.3, -0.25) is 0 Å². The van der Waals surface area contributed by atoms with Crippen molar-refractivity contribution in [1.82, 2.24) is 4.31 Å². The second kappa shape index (κ2) is 4.94. The smallest absolute Gasteiger partial charge is 0.242 e. The summed E-state index contributed by atoms with van der Waals surface area (Å²) in [7, 11) is 0.697. The lowest BCUT2D eigenvalue weighted by molar-refractivity contribution is -0.0891. The number of halogens is 3. The van der Waals surface area contributed by atoms with Crippen molar-refractivity contribution in [2.24, 2.45) is 23.7 Å². The predicted molar refractivity (Wildman–Crippen MR) is 81.3 cm³/mol. The monoisotopic (exact) mass is 333 g/mol. The molecule has 3 rings (SSSR count). The number of nitrogens with zero attached hydrogens (tertiary/aromatic N) is 1. The minimum absolute atomic E-state index is 0.0474. The highest BCUT2D eigenvalue weighted by Gasteiger charge is 2.61. The lowest BCUT2D eigenvalue weighted by Gasteiger charge is -2.36.